The van der Waals surface area contributed by atoms with Crippen LogP contribution in [0.3, 0.4) is 0 Å². The molecule has 0 aromatic heterocycles. The van der Waals surface area contributed by atoms with E-state index in [1.807, 2.05) is 6.07 Å². The van der Waals surface area contributed by atoms with Gasteiger partial charge in [-0.25, -0.2) is 0 Å². The first-order valence-corrected chi connectivity index (χ1v) is 6.18. The number of benzene rings is 1. The number of nitrogens with two attached hydrogens (primary N) is 1. The predicted octanol–water partition coefficient (Wildman–Crippen LogP) is 2.59. The molecule has 0 spiro atoms. The highest BCUT2D eigenvalue weighted by Crippen LogP contribution is 2.39. The van der Waals surface area contributed by atoms with Crippen LogP contribution in [-0.2, 0) is 6.42 Å². The van der Waals surface area contributed by atoms with E-state index in [-0.39, 0.29) is 11.3 Å². The maximum Gasteiger partial charge on any atom is 0.137 e. The molecule has 0 heterocycles. The molecule has 0 aliphatic heterocycles. The topological polar surface area (TPSA) is 55.5 Å². The van der Waals surface area contributed by atoms with Crippen LogP contribution in [0.25, 0.3) is 0 Å². The Hall–Kier alpha value is -0.740. The lowest BCUT2D eigenvalue weighted by Gasteiger charge is -2.11. The zero-order valence-corrected chi connectivity index (χ0v) is 10.9. The minimum Gasteiger partial charge on any atom is -0.507 e. The number of phenols is 1. The Bertz CT molecular complexity index is 402. The van der Waals surface area contributed by atoms with Crippen LogP contribution in [0.5, 0.6) is 11.5 Å². The molecular weight excluding hydrogens is 270 g/mol. The molecule has 0 atom stereocenters. The minimum absolute atomic E-state index is 0.0515. The van der Waals surface area contributed by atoms with E-state index in [4.69, 9.17) is 10.5 Å². The number of methoxy groups -OCH3 is 1. The van der Waals surface area contributed by atoms with Crippen molar-refractivity contribution >= 4 is 15.9 Å². The van der Waals surface area contributed by atoms with E-state index in [2.05, 4.69) is 15.9 Å². The summed E-state index contributed by atoms with van der Waals surface area (Å²) in [7, 11) is 1.59. The lowest BCUT2D eigenvalue weighted by Crippen LogP contribution is -2.22. The van der Waals surface area contributed by atoms with E-state index in [0.29, 0.717) is 10.2 Å². The molecule has 0 radical (unpaired) electrons. The molecule has 1 fully saturated rings. The molecule has 88 valence electrons. The van der Waals surface area contributed by atoms with E-state index < -0.39 is 0 Å². The van der Waals surface area contributed by atoms with E-state index in [0.717, 1.165) is 31.2 Å². The van der Waals surface area contributed by atoms with Gasteiger partial charge in [-0.2, -0.15) is 0 Å². The molecule has 0 saturated heterocycles. The third kappa shape index (κ3) is 2.50. The van der Waals surface area contributed by atoms with Crippen LogP contribution in [0.1, 0.15) is 24.8 Å². The molecule has 4 heteroatoms. The fourth-order valence-corrected chi connectivity index (χ4v) is 2.13. The van der Waals surface area contributed by atoms with Crippen LogP contribution in [0.4, 0.5) is 0 Å². The lowest BCUT2D eigenvalue weighted by atomic mass is 10.0. The first-order chi connectivity index (χ1) is 7.54. The second-order valence-corrected chi connectivity index (χ2v) is 5.29. The minimum atomic E-state index is 0.0515. The summed E-state index contributed by atoms with van der Waals surface area (Å²) in [6.07, 6.45) is 4.09. The van der Waals surface area contributed by atoms with Gasteiger partial charge in [0.2, 0.25) is 0 Å². The molecule has 0 unspecified atom stereocenters. The summed E-state index contributed by atoms with van der Waals surface area (Å²) >= 11 is 3.28. The summed E-state index contributed by atoms with van der Waals surface area (Å²) in [4.78, 5) is 0. The van der Waals surface area contributed by atoms with Crippen LogP contribution in [0.2, 0.25) is 0 Å². The van der Waals surface area contributed by atoms with Crippen molar-refractivity contribution in [3.05, 3.63) is 22.2 Å². The van der Waals surface area contributed by atoms with Gasteiger partial charge in [0.25, 0.3) is 0 Å². The molecule has 1 saturated carbocycles. The Morgan fingerprint density at radius 3 is 2.75 bits per heavy atom. The van der Waals surface area contributed by atoms with Crippen LogP contribution < -0.4 is 10.5 Å². The standard InChI is InChI=1S/C12H16BrNO2/c1-16-10-7-8(6-9(15)11(10)13)2-3-12(14)4-5-12/h6-7,15H,2-5,14H2,1H3. The van der Waals surface area contributed by atoms with Crippen molar-refractivity contribution in [2.45, 2.75) is 31.2 Å². The van der Waals surface area contributed by atoms with Crippen LogP contribution in [0, 0.1) is 0 Å². The lowest BCUT2D eigenvalue weighted by molar-refractivity contribution is 0.402. The van der Waals surface area contributed by atoms with Gasteiger partial charge in [-0.1, -0.05) is 0 Å². The Balaban J connectivity index is 2.11. The van der Waals surface area contributed by atoms with Crippen molar-refractivity contribution in [1.82, 2.24) is 0 Å². The molecule has 0 bridgehead atoms. The molecular formula is C12H16BrNO2. The molecule has 2 rings (SSSR count). The normalized spacial score (nSPS) is 17.2. The van der Waals surface area contributed by atoms with E-state index in [9.17, 15) is 5.11 Å². The van der Waals surface area contributed by atoms with E-state index >= 15 is 0 Å². The van der Waals surface area contributed by atoms with E-state index in [1.165, 1.54) is 0 Å². The summed E-state index contributed by atoms with van der Waals surface area (Å²) in [5.74, 6) is 0.882. The maximum absolute atomic E-state index is 9.70. The number of phenolic OH excluding ortho intramolecular Hbond substituents is 1. The molecule has 1 aromatic carbocycles. The van der Waals surface area contributed by atoms with Crippen molar-refractivity contribution < 1.29 is 9.84 Å². The fourth-order valence-electron chi connectivity index (χ4n) is 1.74. The Morgan fingerprint density at radius 2 is 2.19 bits per heavy atom. The summed E-state index contributed by atoms with van der Waals surface area (Å²) in [6, 6.07) is 3.70. The number of halogens is 1. The summed E-state index contributed by atoms with van der Waals surface area (Å²) < 4.78 is 5.78. The van der Waals surface area contributed by atoms with Crippen LogP contribution in [0.15, 0.2) is 16.6 Å². The molecule has 1 aliphatic carbocycles. The monoisotopic (exact) mass is 285 g/mol. The highest BCUT2D eigenvalue weighted by molar-refractivity contribution is 9.10. The van der Waals surface area contributed by atoms with Gasteiger partial charge in [0, 0.05) is 5.54 Å². The highest BCUT2D eigenvalue weighted by atomic mass is 79.9. The predicted molar refractivity (Wildman–Crippen MR) is 66.8 cm³/mol. The van der Waals surface area contributed by atoms with Gasteiger partial charge in [-0.05, 0) is 59.3 Å². The number of ether oxygens (including phenoxy) is 1. The van der Waals surface area contributed by atoms with Crippen molar-refractivity contribution in [1.29, 1.82) is 0 Å². The van der Waals surface area contributed by atoms with Crippen molar-refractivity contribution in [2.75, 3.05) is 7.11 Å². The smallest absolute Gasteiger partial charge is 0.137 e. The molecule has 3 N–H and O–H groups in total. The first kappa shape index (κ1) is 11.7. The van der Waals surface area contributed by atoms with Gasteiger partial charge in [-0.15, -0.1) is 0 Å². The Morgan fingerprint density at radius 1 is 1.50 bits per heavy atom. The van der Waals surface area contributed by atoms with Crippen molar-refractivity contribution in [3.8, 4) is 11.5 Å². The summed E-state index contributed by atoms with van der Waals surface area (Å²) in [5.41, 5.74) is 7.15. The zero-order chi connectivity index (χ0) is 11.8. The maximum atomic E-state index is 9.70. The summed E-state index contributed by atoms with van der Waals surface area (Å²) in [5, 5.41) is 9.70. The first-order valence-electron chi connectivity index (χ1n) is 5.38. The van der Waals surface area contributed by atoms with Crippen LogP contribution in [-0.4, -0.2) is 17.8 Å². The number of hydrogen-bond acceptors (Lipinski definition) is 3. The van der Waals surface area contributed by atoms with E-state index in [1.54, 1.807) is 13.2 Å². The van der Waals surface area contributed by atoms with Gasteiger partial charge >= 0.3 is 0 Å². The fraction of sp³-hybridized carbons (Fsp3) is 0.500. The van der Waals surface area contributed by atoms with Gasteiger partial charge in [0.15, 0.2) is 0 Å². The zero-order valence-electron chi connectivity index (χ0n) is 9.29. The second-order valence-electron chi connectivity index (χ2n) is 4.49. The van der Waals surface area contributed by atoms with Crippen LogP contribution >= 0.6 is 15.9 Å². The largest absolute Gasteiger partial charge is 0.507 e. The van der Waals surface area contributed by atoms with Crippen molar-refractivity contribution in [2.24, 2.45) is 5.73 Å². The van der Waals surface area contributed by atoms with Gasteiger partial charge in [0.05, 0.1) is 7.11 Å². The average Bonchev–Trinajstić information content (AvgIpc) is 2.99. The van der Waals surface area contributed by atoms with Gasteiger partial charge in [-0.3, -0.25) is 0 Å². The highest BCUT2D eigenvalue weighted by Gasteiger charge is 2.37. The third-order valence-electron chi connectivity index (χ3n) is 3.10. The SMILES string of the molecule is COc1cc(CCC2(N)CC2)cc(O)c1Br. The summed E-state index contributed by atoms with van der Waals surface area (Å²) in [6.45, 7) is 0. The average molecular weight is 286 g/mol. The number of aromatic hydroxyl groups is 1. The molecule has 1 aliphatic rings. The Labute approximate surface area is 104 Å². The molecule has 1 aromatic rings. The second kappa shape index (κ2) is 4.26. The molecule has 3 nitrogen and oxygen atoms in total. The molecule has 0 amide bonds. The number of aryl methyl sites for hydroxylation is 1. The molecule has 16 heavy (non-hydrogen) atoms. The Kier molecular flexibility index (Phi) is 3.13. The quantitative estimate of drug-likeness (QED) is 0.894. The third-order valence-corrected chi connectivity index (χ3v) is 3.90. The number of rotatable bonds is 4. The van der Waals surface area contributed by atoms with Crippen molar-refractivity contribution in [3.63, 3.8) is 0 Å². The van der Waals surface area contributed by atoms with Gasteiger partial charge < -0.3 is 15.6 Å². The number of hydrogen-bond donors (Lipinski definition) is 2. The van der Waals surface area contributed by atoms with Gasteiger partial charge in [0.1, 0.15) is 16.0 Å².